The first-order valence-electron chi connectivity index (χ1n) is 9.68. The molecule has 0 atom stereocenters. The molecule has 2 heterocycles. The van der Waals surface area contributed by atoms with E-state index in [-0.39, 0.29) is 5.91 Å². The summed E-state index contributed by atoms with van der Waals surface area (Å²) >= 11 is 0. The van der Waals surface area contributed by atoms with Crippen LogP contribution in [0.15, 0.2) is 54.7 Å². The van der Waals surface area contributed by atoms with E-state index in [2.05, 4.69) is 34.3 Å². The minimum atomic E-state index is -0.0470. The van der Waals surface area contributed by atoms with Crippen molar-refractivity contribution in [3.63, 3.8) is 0 Å². The summed E-state index contributed by atoms with van der Waals surface area (Å²) in [6.45, 7) is 5.97. The fourth-order valence-electron chi connectivity index (χ4n) is 3.86. The Kier molecular flexibility index (Phi) is 5.16. The molecule has 4 nitrogen and oxygen atoms in total. The average Bonchev–Trinajstić information content (AvgIpc) is 3.21. The molecule has 1 amide bonds. The minimum Gasteiger partial charge on any atom is -0.351 e. The number of rotatable bonds is 5. The van der Waals surface area contributed by atoms with E-state index in [1.165, 1.54) is 18.4 Å². The maximum atomic E-state index is 12.8. The molecule has 0 bridgehead atoms. The Morgan fingerprint density at radius 3 is 2.52 bits per heavy atom. The number of hydrogen-bond acceptors (Lipinski definition) is 3. The maximum Gasteiger partial charge on any atom is 0.253 e. The Balaban J connectivity index is 1.61. The van der Waals surface area contributed by atoms with Crippen molar-refractivity contribution in [2.24, 2.45) is 0 Å². The highest BCUT2D eigenvalue weighted by atomic mass is 16.1. The summed E-state index contributed by atoms with van der Waals surface area (Å²) in [5.41, 5.74) is 3.86. The molecule has 27 heavy (non-hydrogen) atoms. The molecule has 2 aromatic carbocycles. The molecule has 3 aromatic rings. The van der Waals surface area contributed by atoms with E-state index in [4.69, 9.17) is 0 Å². The molecule has 1 aromatic heterocycles. The Labute approximate surface area is 160 Å². The van der Waals surface area contributed by atoms with Gasteiger partial charge in [-0.25, -0.2) is 0 Å². The van der Waals surface area contributed by atoms with E-state index in [0.29, 0.717) is 12.1 Å². The number of carbonyl (C=O) groups is 1. The smallest absolute Gasteiger partial charge is 0.253 e. The molecule has 0 radical (unpaired) electrons. The second kappa shape index (κ2) is 7.89. The summed E-state index contributed by atoms with van der Waals surface area (Å²) in [5.74, 6) is -0.0470. The van der Waals surface area contributed by atoms with Crippen molar-refractivity contribution in [2.75, 3.05) is 26.2 Å². The number of fused-ring (bicyclic) bond motifs is 1. The molecule has 0 spiro atoms. The lowest BCUT2D eigenvalue weighted by Crippen LogP contribution is -2.33. The van der Waals surface area contributed by atoms with Crippen LogP contribution in [0.4, 0.5) is 0 Å². The van der Waals surface area contributed by atoms with Crippen molar-refractivity contribution in [3.8, 4) is 11.3 Å². The fourth-order valence-corrected chi connectivity index (χ4v) is 3.86. The van der Waals surface area contributed by atoms with Crippen LogP contribution in [0.1, 0.15) is 28.8 Å². The van der Waals surface area contributed by atoms with E-state index in [0.717, 1.165) is 41.7 Å². The Hall–Kier alpha value is -2.72. The first-order chi connectivity index (χ1) is 13.2. The summed E-state index contributed by atoms with van der Waals surface area (Å²) < 4.78 is 0. The first kappa shape index (κ1) is 17.7. The molecule has 1 saturated heterocycles. The third-order valence-electron chi connectivity index (χ3n) is 5.35. The summed E-state index contributed by atoms with van der Waals surface area (Å²) in [7, 11) is 0. The second-order valence-corrected chi connectivity index (χ2v) is 7.19. The number of nitrogens with zero attached hydrogens (tertiary/aromatic N) is 2. The first-order valence-corrected chi connectivity index (χ1v) is 9.68. The van der Waals surface area contributed by atoms with Crippen molar-refractivity contribution in [1.82, 2.24) is 15.2 Å². The molecular weight excluding hydrogens is 334 g/mol. The van der Waals surface area contributed by atoms with Crippen LogP contribution in [0.25, 0.3) is 22.0 Å². The molecular formula is C23H25N3O. The fraction of sp³-hybridized carbons (Fsp3) is 0.304. The van der Waals surface area contributed by atoms with Crippen molar-refractivity contribution >= 4 is 16.7 Å². The van der Waals surface area contributed by atoms with Gasteiger partial charge in [-0.1, -0.05) is 48.5 Å². The van der Waals surface area contributed by atoms with Crippen LogP contribution in [-0.2, 0) is 0 Å². The van der Waals surface area contributed by atoms with Crippen LogP contribution in [0.5, 0.6) is 0 Å². The minimum absolute atomic E-state index is 0.0470. The number of amides is 1. The molecule has 1 fully saturated rings. The Morgan fingerprint density at radius 1 is 1.04 bits per heavy atom. The van der Waals surface area contributed by atoms with Crippen molar-refractivity contribution < 1.29 is 4.79 Å². The van der Waals surface area contributed by atoms with Gasteiger partial charge in [-0.2, -0.15) is 0 Å². The zero-order chi connectivity index (χ0) is 18.6. The number of benzene rings is 2. The lowest BCUT2D eigenvalue weighted by molar-refractivity contribution is 0.0951. The highest BCUT2D eigenvalue weighted by molar-refractivity contribution is 6.09. The number of pyridine rings is 1. The Bertz CT molecular complexity index is 961. The molecule has 1 aliphatic heterocycles. The van der Waals surface area contributed by atoms with E-state index >= 15 is 0 Å². The number of likely N-dealkylation sites (tertiary alicyclic amines) is 1. The van der Waals surface area contributed by atoms with E-state index in [1.807, 2.05) is 36.4 Å². The SMILES string of the molecule is Cc1ccccc1-c1ncc(C(=O)NCCN2CCCC2)c2ccccc12. The zero-order valence-corrected chi connectivity index (χ0v) is 15.7. The van der Waals surface area contributed by atoms with Gasteiger partial charge in [0, 0.05) is 30.2 Å². The van der Waals surface area contributed by atoms with Gasteiger partial charge in [0.15, 0.2) is 0 Å². The average molecular weight is 359 g/mol. The summed E-state index contributed by atoms with van der Waals surface area (Å²) in [6, 6.07) is 16.3. The highest BCUT2D eigenvalue weighted by Gasteiger charge is 2.16. The molecule has 138 valence electrons. The molecule has 1 N–H and O–H groups in total. The predicted molar refractivity (Wildman–Crippen MR) is 110 cm³/mol. The number of aryl methyl sites for hydroxylation is 1. The standard InChI is InChI=1S/C23H25N3O/c1-17-8-2-3-9-18(17)22-20-11-5-4-10-19(20)21(16-25-22)23(27)24-12-15-26-13-6-7-14-26/h2-5,8-11,16H,6-7,12-15H2,1H3,(H,24,27). The number of aromatic nitrogens is 1. The van der Waals surface area contributed by atoms with Gasteiger partial charge in [0.25, 0.3) is 5.91 Å². The summed E-state index contributed by atoms with van der Waals surface area (Å²) in [4.78, 5) is 19.9. The molecule has 1 aliphatic rings. The molecule has 4 heteroatoms. The predicted octanol–water partition coefficient (Wildman–Crippen LogP) is 4.04. The number of nitrogens with one attached hydrogen (secondary N) is 1. The molecule has 0 saturated carbocycles. The maximum absolute atomic E-state index is 12.8. The van der Waals surface area contributed by atoms with Gasteiger partial charge in [-0.15, -0.1) is 0 Å². The van der Waals surface area contributed by atoms with E-state index in [9.17, 15) is 4.79 Å². The van der Waals surface area contributed by atoms with Crippen molar-refractivity contribution in [3.05, 3.63) is 65.9 Å². The van der Waals surface area contributed by atoms with E-state index in [1.54, 1.807) is 6.20 Å². The third kappa shape index (κ3) is 3.71. The zero-order valence-electron chi connectivity index (χ0n) is 15.7. The second-order valence-electron chi connectivity index (χ2n) is 7.19. The number of hydrogen-bond donors (Lipinski definition) is 1. The summed E-state index contributed by atoms with van der Waals surface area (Å²) in [6.07, 6.45) is 4.25. The van der Waals surface area contributed by atoms with Gasteiger partial charge in [0.2, 0.25) is 0 Å². The van der Waals surface area contributed by atoms with Gasteiger partial charge >= 0.3 is 0 Å². The van der Waals surface area contributed by atoms with Crippen LogP contribution in [0.2, 0.25) is 0 Å². The van der Waals surface area contributed by atoms with Crippen LogP contribution < -0.4 is 5.32 Å². The van der Waals surface area contributed by atoms with Gasteiger partial charge in [-0.3, -0.25) is 9.78 Å². The summed E-state index contributed by atoms with van der Waals surface area (Å²) in [5, 5.41) is 5.03. The van der Waals surface area contributed by atoms with Crippen molar-refractivity contribution in [1.29, 1.82) is 0 Å². The molecule has 4 rings (SSSR count). The Morgan fingerprint density at radius 2 is 1.74 bits per heavy atom. The van der Waals surface area contributed by atoms with Gasteiger partial charge in [-0.05, 0) is 43.8 Å². The molecule has 0 unspecified atom stereocenters. The van der Waals surface area contributed by atoms with E-state index < -0.39 is 0 Å². The lowest BCUT2D eigenvalue weighted by Gasteiger charge is -2.15. The van der Waals surface area contributed by atoms with Gasteiger partial charge in [0.05, 0.1) is 11.3 Å². The van der Waals surface area contributed by atoms with Crippen LogP contribution >= 0.6 is 0 Å². The largest absolute Gasteiger partial charge is 0.351 e. The molecule has 0 aliphatic carbocycles. The lowest BCUT2D eigenvalue weighted by atomic mass is 9.98. The van der Waals surface area contributed by atoms with Gasteiger partial charge < -0.3 is 10.2 Å². The van der Waals surface area contributed by atoms with Crippen LogP contribution in [0, 0.1) is 6.92 Å². The van der Waals surface area contributed by atoms with Crippen LogP contribution in [-0.4, -0.2) is 42.0 Å². The van der Waals surface area contributed by atoms with Crippen LogP contribution in [0.3, 0.4) is 0 Å². The topological polar surface area (TPSA) is 45.2 Å². The monoisotopic (exact) mass is 359 g/mol. The quantitative estimate of drug-likeness (QED) is 0.748. The van der Waals surface area contributed by atoms with Gasteiger partial charge in [0.1, 0.15) is 0 Å². The number of carbonyl (C=O) groups excluding carboxylic acids is 1. The third-order valence-corrected chi connectivity index (χ3v) is 5.35. The van der Waals surface area contributed by atoms with Crippen molar-refractivity contribution in [2.45, 2.75) is 19.8 Å². The highest BCUT2D eigenvalue weighted by Crippen LogP contribution is 2.30. The normalized spacial score (nSPS) is 14.6.